The van der Waals surface area contributed by atoms with Gasteiger partial charge in [-0.15, -0.1) is 10.2 Å². The molecular weight excluding hydrogens is 321 g/mol. The number of nitrogens with zero attached hydrogens (tertiary/aromatic N) is 4. The van der Waals surface area contributed by atoms with Crippen LogP contribution in [0.4, 0.5) is 5.82 Å². The lowest BCUT2D eigenvalue weighted by Gasteiger charge is -2.08. The van der Waals surface area contributed by atoms with E-state index in [-0.39, 0.29) is 11.7 Å². The highest BCUT2D eigenvalue weighted by molar-refractivity contribution is 7.99. The lowest BCUT2D eigenvalue weighted by Crippen LogP contribution is -2.16. The van der Waals surface area contributed by atoms with Gasteiger partial charge in [-0.3, -0.25) is 4.79 Å². The Balaban J connectivity index is 1.98. The molecule has 2 aromatic heterocycles. The zero-order chi connectivity index (χ0) is 14.7. The molecule has 9 heteroatoms. The highest BCUT2D eigenvalue weighted by Gasteiger charge is 2.11. The lowest BCUT2D eigenvalue weighted by atomic mass is 10.3. The maximum Gasteiger partial charge on any atom is 0.236 e. The highest BCUT2D eigenvalue weighted by atomic mass is 35.5. The molecule has 0 radical (unpaired) electrons. The molecule has 0 aliphatic heterocycles. The van der Waals surface area contributed by atoms with Crippen LogP contribution in [-0.4, -0.2) is 31.4 Å². The van der Waals surface area contributed by atoms with Crippen molar-refractivity contribution < 1.29 is 4.79 Å². The molecule has 0 aromatic carbocycles. The fraction of sp³-hybridized carbons (Fsp3) is 0.273. The monoisotopic (exact) mass is 331 g/mol. The first-order valence-corrected chi connectivity index (χ1v) is 7.31. The van der Waals surface area contributed by atoms with Crippen molar-refractivity contribution in [1.29, 1.82) is 0 Å². The van der Waals surface area contributed by atoms with Crippen LogP contribution in [0.3, 0.4) is 0 Å². The Bertz CT molecular complexity index is 646. The third-order valence-corrected chi connectivity index (χ3v) is 4.07. The van der Waals surface area contributed by atoms with Crippen LogP contribution in [0, 0.1) is 6.92 Å². The number of rotatable bonds is 4. The van der Waals surface area contributed by atoms with E-state index in [9.17, 15) is 4.79 Å². The molecule has 2 heterocycles. The molecule has 0 spiro atoms. The molecule has 1 N–H and O–H groups in total. The molecule has 0 saturated carbocycles. The van der Waals surface area contributed by atoms with Crippen molar-refractivity contribution >= 4 is 46.7 Å². The SMILES string of the molecule is Cc1nc(NC(=O)CSc2nncn2C)c(Cl)cc1Cl. The maximum absolute atomic E-state index is 11.8. The van der Waals surface area contributed by atoms with Crippen molar-refractivity contribution in [3.63, 3.8) is 0 Å². The number of nitrogens with one attached hydrogen (secondary N) is 1. The van der Waals surface area contributed by atoms with Gasteiger partial charge in [-0.25, -0.2) is 4.98 Å². The second kappa shape index (κ2) is 6.43. The van der Waals surface area contributed by atoms with Crippen LogP contribution in [0.2, 0.25) is 10.0 Å². The molecule has 0 fully saturated rings. The van der Waals surface area contributed by atoms with Crippen LogP contribution >= 0.6 is 35.0 Å². The van der Waals surface area contributed by atoms with Crippen molar-refractivity contribution in [2.24, 2.45) is 7.05 Å². The topological polar surface area (TPSA) is 72.7 Å². The number of amides is 1. The molecule has 2 rings (SSSR count). The average molecular weight is 332 g/mol. The summed E-state index contributed by atoms with van der Waals surface area (Å²) in [5, 5.41) is 11.7. The molecule has 2 aromatic rings. The minimum absolute atomic E-state index is 0.187. The quantitative estimate of drug-likeness (QED) is 0.871. The van der Waals surface area contributed by atoms with Gasteiger partial charge in [0.15, 0.2) is 11.0 Å². The van der Waals surface area contributed by atoms with Crippen LogP contribution in [0.25, 0.3) is 0 Å². The van der Waals surface area contributed by atoms with Gasteiger partial charge in [0.2, 0.25) is 5.91 Å². The Labute approximate surface area is 129 Å². The van der Waals surface area contributed by atoms with Gasteiger partial charge in [0.05, 0.1) is 21.5 Å². The summed E-state index contributed by atoms with van der Waals surface area (Å²) in [6, 6.07) is 1.55. The number of halogens is 2. The van der Waals surface area contributed by atoms with Crippen LogP contribution in [0.1, 0.15) is 5.69 Å². The number of thioether (sulfide) groups is 1. The molecule has 6 nitrogen and oxygen atoms in total. The predicted octanol–water partition coefficient (Wildman–Crippen LogP) is 2.56. The second-order valence-electron chi connectivity index (χ2n) is 3.95. The average Bonchev–Trinajstić information content (AvgIpc) is 2.79. The van der Waals surface area contributed by atoms with Crippen LogP contribution in [0.15, 0.2) is 17.6 Å². The van der Waals surface area contributed by atoms with Gasteiger partial charge in [0, 0.05) is 7.05 Å². The summed E-state index contributed by atoms with van der Waals surface area (Å²) in [5.74, 6) is 0.262. The Morgan fingerprint density at radius 2 is 2.20 bits per heavy atom. The normalized spacial score (nSPS) is 10.6. The number of carbonyl (C=O) groups excluding carboxylic acids is 1. The van der Waals surface area contributed by atoms with Gasteiger partial charge in [-0.1, -0.05) is 35.0 Å². The summed E-state index contributed by atoms with van der Waals surface area (Å²) in [6.07, 6.45) is 1.57. The maximum atomic E-state index is 11.8. The van der Waals surface area contributed by atoms with Crippen molar-refractivity contribution in [3.05, 3.63) is 28.1 Å². The first-order valence-electron chi connectivity index (χ1n) is 5.56. The summed E-state index contributed by atoms with van der Waals surface area (Å²) < 4.78 is 1.73. The zero-order valence-corrected chi connectivity index (χ0v) is 13.1. The molecule has 0 aliphatic rings. The van der Waals surface area contributed by atoms with E-state index < -0.39 is 0 Å². The molecule has 1 amide bonds. The first kappa shape index (κ1) is 15.1. The number of hydrogen-bond acceptors (Lipinski definition) is 5. The highest BCUT2D eigenvalue weighted by Crippen LogP contribution is 2.25. The van der Waals surface area contributed by atoms with E-state index in [0.717, 1.165) is 0 Å². The van der Waals surface area contributed by atoms with E-state index >= 15 is 0 Å². The Hall–Kier alpha value is -1.31. The largest absolute Gasteiger partial charge is 0.312 e. The van der Waals surface area contributed by atoms with Crippen molar-refractivity contribution in [3.8, 4) is 0 Å². The molecule has 20 heavy (non-hydrogen) atoms. The van der Waals surface area contributed by atoms with Gasteiger partial charge in [-0.2, -0.15) is 0 Å². The molecule has 0 aliphatic carbocycles. The van der Waals surface area contributed by atoms with E-state index in [1.165, 1.54) is 11.8 Å². The van der Waals surface area contributed by atoms with Gasteiger partial charge < -0.3 is 9.88 Å². The van der Waals surface area contributed by atoms with E-state index in [2.05, 4.69) is 20.5 Å². The number of aromatic nitrogens is 4. The van der Waals surface area contributed by atoms with Gasteiger partial charge >= 0.3 is 0 Å². The first-order chi connectivity index (χ1) is 9.47. The number of carbonyl (C=O) groups is 1. The van der Waals surface area contributed by atoms with Crippen LogP contribution in [0.5, 0.6) is 0 Å². The Kier molecular flexibility index (Phi) is 4.85. The summed E-state index contributed by atoms with van der Waals surface area (Å²) in [7, 11) is 1.81. The van der Waals surface area contributed by atoms with Gasteiger partial charge in [0.25, 0.3) is 0 Å². The third-order valence-electron chi connectivity index (χ3n) is 2.36. The number of pyridine rings is 1. The van der Waals surface area contributed by atoms with E-state index in [0.29, 0.717) is 26.7 Å². The number of hydrogen-bond donors (Lipinski definition) is 1. The summed E-state index contributed by atoms with van der Waals surface area (Å²) >= 11 is 13.1. The van der Waals surface area contributed by atoms with E-state index in [4.69, 9.17) is 23.2 Å². The molecule has 0 bridgehead atoms. The Morgan fingerprint density at radius 3 is 2.85 bits per heavy atom. The fourth-order valence-corrected chi connectivity index (χ4v) is 2.44. The lowest BCUT2D eigenvalue weighted by molar-refractivity contribution is -0.113. The summed E-state index contributed by atoms with van der Waals surface area (Å²) in [5.41, 5.74) is 0.604. The van der Waals surface area contributed by atoms with Crippen molar-refractivity contribution in [1.82, 2.24) is 19.7 Å². The third kappa shape index (κ3) is 3.62. The van der Waals surface area contributed by atoms with E-state index in [1.54, 1.807) is 30.9 Å². The fourth-order valence-electron chi connectivity index (χ4n) is 1.35. The second-order valence-corrected chi connectivity index (χ2v) is 5.70. The number of aryl methyl sites for hydroxylation is 2. The van der Waals surface area contributed by atoms with Crippen molar-refractivity contribution in [2.45, 2.75) is 12.1 Å². The minimum Gasteiger partial charge on any atom is -0.312 e. The summed E-state index contributed by atoms with van der Waals surface area (Å²) in [6.45, 7) is 1.74. The van der Waals surface area contributed by atoms with Crippen LogP contribution < -0.4 is 5.32 Å². The number of anilines is 1. The van der Waals surface area contributed by atoms with Gasteiger partial charge in [0.1, 0.15) is 6.33 Å². The molecular formula is C11H11Cl2N5OS. The van der Waals surface area contributed by atoms with Gasteiger partial charge in [-0.05, 0) is 13.0 Å². The zero-order valence-electron chi connectivity index (χ0n) is 10.7. The molecule has 0 unspecified atom stereocenters. The Morgan fingerprint density at radius 1 is 1.45 bits per heavy atom. The van der Waals surface area contributed by atoms with Crippen LogP contribution in [-0.2, 0) is 11.8 Å². The van der Waals surface area contributed by atoms with Crippen molar-refractivity contribution in [2.75, 3.05) is 11.1 Å². The summed E-state index contributed by atoms with van der Waals surface area (Å²) in [4.78, 5) is 16.0. The molecule has 0 saturated heterocycles. The molecule has 0 atom stereocenters. The smallest absolute Gasteiger partial charge is 0.236 e. The minimum atomic E-state index is -0.228. The standard InChI is InChI=1S/C11H11Cl2N5OS/c1-6-7(12)3-8(13)10(15-6)16-9(19)4-20-11-17-14-5-18(11)2/h3,5H,4H2,1-2H3,(H,15,16,19). The predicted molar refractivity (Wildman–Crippen MR) is 79.4 cm³/mol. The molecule has 106 valence electrons. The van der Waals surface area contributed by atoms with E-state index in [1.807, 2.05) is 0 Å².